The smallest absolute Gasteiger partial charge is 0.339 e. The predicted octanol–water partition coefficient (Wildman–Crippen LogP) is 3.35. The van der Waals surface area contributed by atoms with Gasteiger partial charge in [-0.15, -0.1) is 0 Å². The van der Waals surface area contributed by atoms with Gasteiger partial charge in [-0.25, -0.2) is 9.18 Å². The summed E-state index contributed by atoms with van der Waals surface area (Å²) in [6.07, 6.45) is 0.720. The number of hydrogen-bond acceptors (Lipinski definition) is 3. The maximum Gasteiger partial charge on any atom is 0.339 e. The van der Waals surface area contributed by atoms with Crippen LogP contribution in [0.15, 0.2) is 48.5 Å². The van der Waals surface area contributed by atoms with Crippen molar-refractivity contribution in [2.24, 2.45) is 5.92 Å². The Morgan fingerprint density at radius 3 is 2.52 bits per heavy atom. The molecule has 2 atom stereocenters. The van der Waals surface area contributed by atoms with Gasteiger partial charge in [-0.2, -0.15) is 0 Å². The molecule has 1 aliphatic rings. The van der Waals surface area contributed by atoms with Crippen molar-refractivity contribution < 1.29 is 18.7 Å². The number of amides is 1. The number of hydrogen-bond donors (Lipinski definition) is 1. The summed E-state index contributed by atoms with van der Waals surface area (Å²) in [6, 6.07) is 12.9. The molecular weight excluding hydrogens is 297 g/mol. The number of methoxy groups -OCH3 is 1. The van der Waals surface area contributed by atoms with E-state index in [0.29, 0.717) is 11.3 Å². The van der Waals surface area contributed by atoms with Crippen molar-refractivity contribution in [1.29, 1.82) is 0 Å². The van der Waals surface area contributed by atoms with E-state index in [2.05, 4.69) is 5.32 Å². The fourth-order valence-electron chi connectivity index (χ4n) is 2.67. The number of carbonyl (C=O) groups excluding carboxylic acids is 2. The van der Waals surface area contributed by atoms with Crippen LogP contribution in [0.5, 0.6) is 0 Å². The van der Waals surface area contributed by atoms with Gasteiger partial charge in [0.15, 0.2) is 0 Å². The van der Waals surface area contributed by atoms with Crippen LogP contribution in [0, 0.1) is 11.7 Å². The van der Waals surface area contributed by atoms with E-state index in [0.717, 1.165) is 12.0 Å². The van der Waals surface area contributed by atoms with Crippen LogP contribution in [0.25, 0.3) is 0 Å². The van der Waals surface area contributed by atoms with E-state index in [9.17, 15) is 14.0 Å². The van der Waals surface area contributed by atoms with E-state index in [1.54, 1.807) is 36.4 Å². The normalized spacial score (nSPS) is 19.0. The molecule has 1 N–H and O–H groups in total. The van der Waals surface area contributed by atoms with Gasteiger partial charge in [0.05, 0.1) is 18.4 Å². The Morgan fingerprint density at radius 2 is 1.83 bits per heavy atom. The van der Waals surface area contributed by atoms with Gasteiger partial charge >= 0.3 is 5.97 Å². The molecule has 1 fully saturated rings. The van der Waals surface area contributed by atoms with E-state index < -0.39 is 5.97 Å². The summed E-state index contributed by atoms with van der Waals surface area (Å²) in [4.78, 5) is 24.1. The molecule has 1 aliphatic carbocycles. The summed E-state index contributed by atoms with van der Waals surface area (Å²) >= 11 is 0. The van der Waals surface area contributed by atoms with E-state index >= 15 is 0 Å². The molecule has 5 heteroatoms. The van der Waals surface area contributed by atoms with Crippen molar-refractivity contribution in [3.8, 4) is 0 Å². The maximum atomic E-state index is 12.9. The molecule has 0 saturated heterocycles. The van der Waals surface area contributed by atoms with Crippen LogP contribution >= 0.6 is 0 Å². The molecular formula is C18H16FNO3. The lowest BCUT2D eigenvalue weighted by Crippen LogP contribution is -2.17. The Bertz CT molecular complexity index is 742. The van der Waals surface area contributed by atoms with Crippen LogP contribution in [0.1, 0.15) is 28.3 Å². The van der Waals surface area contributed by atoms with E-state index in [1.807, 2.05) is 0 Å². The molecule has 0 aliphatic heterocycles. The summed E-state index contributed by atoms with van der Waals surface area (Å²) in [5, 5.41) is 2.78. The Labute approximate surface area is 133 Å². The molecule has 118 valence electrons. The van der Waals surface area contributed by atoms with Crippen molar-refractivity contribution in [3.63, 3.8) is 0 Å². The molecule has 2 unspecified atom stereocenters. The molecule has 1 amide bonds. The first-order valence-corrected chi connectivity index (χ1v) is 7.34. The van der Waals surface area contributed by atoms with Gasteiger partial charge in [-0.05, 0) is 42.2 Å². The molecule has 2 aromatic rings. The average molecular weight is 313 g/mol. The van der Waals surface area contributed by atoms with Crippen molar-refractivity contribution in [2.75, 3.05) is 12.4 Å². The molecule has 4 nitrogen and oxygen atoms in total. The SMILES string of the molecule is COC(=O)c1ccccc1NC(=O)C1CC1c1ccc(F)cc1. The molecule has 0 aromatic heterocycles. The Balaban J connectivity index is 1.69. The van der Waals surface area contributed by atoms with Crippen molar-refractivity contribution in [1.82, 2.24) is 0 Å². The first-order valence-electron chi connectivity index (χ1n) is 7.34. The fourth-order valence-corrected chi connectivity index (χ4v) is 2.67. The van der Waals surface area contributed by atoms with Gasteiger partial charge in [0.25, 0.3) is 0 Å². The number of anilines is 1. The number of benzene rings is 2. The van der Waals surface area contributed by atoms with Gasteiger partial charge < -0.3 is 10.1 Å². The second-order valence-electron chi connectivity index (χ2n) is 5.53. The summed E-state index contributed by atoms with van der Waals surface area (Å²) in [5.74, 6) is -0.989. The van der Waals surface area contributed by atoms with Gasteiger partial charge in [0, 0.05) is 5.92 Å². The highest BCUT2D eigenvalue weighted by atomic mass is 19.1. The van der Waals surface area contributed by atoms with Gasteiger partial charge in [0.1, 0.15) is 5.82 Å². The fraction of sp³-hybridized carbons (Fsp3) is 0.222. The molecule has 2 aromatic carbocycles. The average Bonchev–Trinajstić information content (AvgIpc) is 3.36. The highest BCUT2D eigenvalue weighted by Gasteiger charge is 2.44. The lowest BCUT2D eigenvalue weighted by Gasteiger charge is -2.09. The second kappa shape index (κ2) is 6.20. The minimum Gasteiger partial charge on any atom is -0.465 e. The Kier molecular flexibility index (Phi) is 4.10. The van der Waals surface area contributed by atoms with Crippen molar-refractivity contribution in [3.05, 3.63) is 65.5 Å². The zero-order valence-corrected chi connectivity index (χ0v) is 12.6. The minimum absolute atomic E-state index is 0.0980. The van der Waals surface area contributed by atoms with Crippen LogP contribution in [0.3, 0.4) is 0 Å². The van der Waals surface area contributed by atoms with Crippen LogP contribution in [-0.4, -0.2) is 19.0 Å². The largest absolute Gasteiger partial charge is 0.465 e. The highest BCUT2D eigenvalue weighted by Crippen LogP contribution is 2.48. The van der Waals surface area contributed by atoms with Gasteiger partial charge in [-0.1, -0.05) is 24.3 Å². The van der Waals surface area contributed by atoms with Crippen molar-refractivity contribution in [2.45, 2.75) is 12.3 Å². The molecule has 0 heterocycles. The molecule has 3 rings (SSSR count). The Morgan fingerprint density at radius 1 is 1.13 bits per heavy atom. The topological polar surface area (TPSA) is 55.4 Å². The minimum atomic E-state index is -0.494. The van der Waals surface area contributed by atoms with Crippen LogP contribution in [-0.2, 0) is 9.53 Å². The molecule has 23 heavy (non-hydrogen) atoms. The van der Waals surface area contributed by atoms with Gasteiger partial charge in [0.2, 0.25) is 5.91 Å². The molecule has 0 bridgehead atoms. The van der Waals surface area contributed by atoms with Crippen LogP contribution in [0.2, 0.25) is 0 Å². The highest BCUT2D eigenvalue weighted by molar-refractivity contribution is 6.02. The summed E-state index contributed by atoms with van der Waals surface area (Å²) < 4.78 is 17.7. The number of nitrogens with one attached hydrogen (secondary N) is 1. The standard InChI is InChI=1S/C18H16FNO3/c1-23-18(22)13-4-2-3-5-16(13)20-17(21)15-10-14(15)11-6-8-12(19)9-7-11/h2-9,14-15H,10H2,1H3,(H,20,21). The van der Waals surface area contributed by atoms with Crippen LogP contribution in [0.4, 0.5) is 10.1 Å². The summed E-state index contributed by atoms with van der Waals surface area (Å²) in [5.41, 5.74) is 1.71. The number of rotatable bonds is 4. The lowest BCUT2D eigenvalue weighted by molar-refractivity contribution is -0.117. The molecule has 0 radical (unpaired) electrons. The number of para-hydroxylation sites is 1. The predicted molar refractivity (Wildman–Crippen MR) is 83.7 cm³/mol. The lowest BCUT2D eigenvalue weighted by atomic mass is 10.1. The third-order valence-electron chi connectivity index (χ3n) is 4.02. The summed E-state index contributed by atoms with van der Waals surface area (Å²) in [7, 11) is 1.30. The van der Waals surface area contributed by atoms with Crippen LogP contribution < -0.4 is 5.32 Å². The zero-order valence-electron chi connectivity index (χ0n) is 12.6. The van der Waals surface area contributed by atoms with E-state index in [-0.39, 0.29) is 23.6 Å². The second-order valence-corrected chi connectivity index (χ2v) is 5.53. The number of ether oxygens (including phenoxy) is 1. The third kappa shape index (κ3) is 3.23. The first kappa shape index (κ1) is 15.2. The third-order valence-corrected chi connectivity index (χ3v) is 4.02. The molecule has 0 spiro atoms. The monoisotopic (exact) mass is 313 g/mol. The first-order chi connectivity index (χ1) is 11.1. The number of carbonyl (C=O) groups is 2. The Hall–Kier alpha value is -2.69. The zero-order chi connectivity index (χ0) is 16.4. The van der Waals surface area contributed by atoms with E-state index in [4.69, 9.17) is 4.74 Å². The summed E-state index contributed by atoms with van der Waals surface area (Å²) in [6.45, 7) is 0. The van der Waals surface area contributed by atoms with Crippen molar-refractivity contribution >= 4 is 17.6 Å². The maximum absolute atomic E-state index is 12.9. The quantitative estimate of drug-likeness (QED) is 0.881. The number of halogens is 1. The number of esters is 1. The molecule has 1 saturated carbocycles. The van der Waals surface area contributed by atoms with Gasteiger partial charge in [-0.3, -0.25) is 4.79 Å². The van der Waals surface area contributed by atoms with E-state index in [1.165, 1.54) is 19.2 Å².